The highest BCUT2D eigenvalue weighted by atomic mass is 16.4. The van der Waals surface area contributed by atoms with Crippen molar-refractivity contribution in [3.8, 4) is 0 Å². The van der Waals surface area contributed by atoms with Crippen molar-refractivity contribution < 1.29 is 19.8 Å². The van der Waals surface area contributed by atoms with E-state index in [9.17, 15) is 9.59 Å². The third kappa shape index (κ3) is 4.22. The van der Waals surface area contributed by atoms with Gasteiger partial charge in [-0.3, -0.25) is 0 Å². The zero-order valence-corrected chi connectivity index (χ0v) is 13.4. The number of carboxylic acids is 1. The van der Waals surface area contributed by atoms with Crippen LogP contribution in [0, 0.1) is 0 Å². The lowest BCUT2D eigenvalue weighted by Gasteiger charge is -2.35. The summed E-state index contributed by atoms with van der Waals surface area (Å²) in [6.07, 6.45) is 3.41. The van der Waals surface area contributed by atoms with E-state index in [1.807, 2.05) is 4.90 Å². The van der Waals surface area contributed by atoms with E-state index in [-0.39, 0.29) is 23.7 Å². The van der Waals surface area contributed by atoms with Gasteiger partial charge < -0.3 is 20.4 Å². The van der Waals surface area contributed by atoms with Crippen molar-refractivity contribution in [2.24, 2.45) is 0 Å². The van der Waals surface area contributed by atoms with Gasteiger partial charge in [0.25, 0.3) is 0 Å². The largest absolute Gasteiger partial charge is 0.478 e. The topological polar surface area (TPSA) is 89.9 Å². The first kappa shape index (κ1) is 17.3. The molecule has 6 nitrogen and oxygen atoms in total. The van der Waals surface area contributed by atoms with Crippen molar-refractivity contribution in [2.45, 2.75) is 44.7 Å². The maximum atomic E-state index is 12.4. The van der Waals surface area contributed by atoms with Gasteiger partial charge in [0.1, 0.15) is 0 Å². The van der Waals surface area contributed by atoms with Crippen molar-refractivity contribution in [2.75, 3.05) is 13.2 Å². The molecule has 126 valence electrons. The summed E-state index contributed by atoms with van der Waals surface area (Å²) in [5.41, 5.74) is 0.899. The van der Waals surface area contributed by atoms with Crippen LogP contribution in [0.5, 0.6) is 0 Å². The van der Waals surface area contributed by atoms with E-state index in [0.717, 1.165) is 31.4 Å². The number of aromatic carboxylic acids is 1. The molecule has 1 saturated heterocycles. The van der Waals surface area contributed by atoms with Gasteiger partial charge in [-0.2, -0.15) is 0 Å². The number of aliphatic hydroxyl groups is 1. The quantitative estimate of drug-likeness (QED) is 0.749. The summed E-state index contributed by atoms with van der Waals surface area (Å²) in [4.78, 5) is 25.1. The molecule has 1 atom stereocenters. The average molecular weight is 320 g/mol. The molecule has 2 amide bonds. The Bertz CT molecular complexity index is 558. The lowest BCUT2D eigenvalue weighted by molar-refractivity contribution is 0.0696. The number of urea groups is 1. The molecule has 0 bridgehead atoms. The van der Waals surface area contributed by atoms with E-state index in [1.54, 1.807) is 12.1 Å². The second kappa shape index (κ2) is 7.46. The molecular formula is C17H24N2O4. The average Bonchev–Trinajstić information content (AvgIpc) is 2.93. The minimum absolute atomic E-state index is 0.106. The number of nitrogens with one attached hydrogen (secondary N) is 1. The van der Waals surface area contributed by atoms with E-state index in [4.69, 9.17) is 10.2 Å². The highest BCUT2D eigenvalue weighted by Crippen LogP contribution is 2.33. The van der Waals surface area contributed by atoms with Crippen molar-refractivity contribution in [3.63, 3.8) is 0 Å². The van der Waals surface area contributed by atoms with Crippen LogP contribution in [-0.2, 0) is 6.54 Å². The summed E-state index contributed by atoms with van der Waals surface area (Å²) in [7, 11) is 0. The number of carboxylic acid groups (broad SMARTS) is 1. The third-order valence-electron chi connectivity index (χ3n) is 4.51. The molecule has 3 N–H and O–H groups in total. The third-order valence-corrected chi connectivity index (χ3v) is 4.51. The minimum atomic E-state index is -0.961. The van der Waals surface area contributed by atoms with Crippen LogP contribution in [0.2, 0.25) is 0 Å². The van der Waals surface area contributed by atoms with Crippen LogP contribution in [0.25, 0.3) is 0 Å². The zero-order chi connectivity index (χ0) is 16.9. The molecule has 0 aromatic heterocycles. The molecule has 23 heavy (non-hydrogen) atoms. The highest BCUT2D eigenvalue weighted by molar-refractivity contribution is 5.87. The summed E-state index contributed by atoms with van der Waals surface area (Å²) in [5, 5.41) is 20.8. The summed E-state index contributed by atoms with van der Waals surface area (Å²) < 4.78 is 0. The second-order valence-corrected chi connectivity index (χ2v) is 6.24. The van der Waals surface area contributed by atoms with Gasteiger partial charge in [-0.05, 0) is 50.3 Å². The monoisotopic (exact) mass is 320 g/mol. The van der Waals surface area contributed by atoms with E-state index in [1.165, 1.54) is 12.1 Å². The lowest BCUT2D eigenvalue weighted by Crippen LogP contribution is -2.49. The van der Waals surface area contributed by atoms with Crippen LogP contribution >= 0.6 is 0 Å². The Labute approximate surface area is 136 Å². The first-order valence-corrected chi connectivity index (χ1v) is 7.95. The molecule has 2 rings (SSSR count). The Hall–Kier alpha value is -2.08. The number of aliphatic hydroxyl groups excluding tert-OH is 1. The van der Waals surface area contributed by atoms with Gasteiger partial charge in [0.15, 0.2) is 0 Å². The van der Waals surface area contributed by atoms with Crippen molar-refractivity contribution in [1.82, 2.24) is 10.2 Å². The standard InChI is InChI=1S/C17H24N2O4/c1-17(9-3-11-20)8-2-10-19(17)16(23)18-12-13-4-6-14(7-5-13)15(21)22/h4-7,20H,2-3,8-12H2,1H3,(H,18,23)(H,21,22). The van der Waals surface area contributed by atoms with Crippen LogP contribution in [0.3, 0.4) is 0 Å². The van der Waals surface area contributed by atoms with E-state index in [2.05, 4.69) is 12.2 Å². The smallest absolute Gasteiger partial charge is 0.335 e. The molecule has 1 aromatic rings. The van der Waals surface area contributed by atoms with Crippen LogP contribution < -0.4 is 5.32 Å². The summed E-state index contributed by atoms with van der Waals surface area (Å²) >= 11 is 0. The normalized spacial score (nSPS) is 20.5. The van der Waals surface area contributed by atoms with Crippen molar-refractivity contribution >= 4 is 12.0 Å². The second-order valence-electron chi connectivity index (χ2n) is 6.24. The maximum absolute atomic E-state index is 12.4. The number of rotatable bonds is 6. The molecule has 1 aromatic carbocycles. The van der Waals surface area contributed by atoms with Gasteiger partial charge in [-0.1, -0.05) is 12.1 Å². The number of carbonyl (C=O) groups is 2. The van der Waals surface area contributed by atoms with E-state index < -0.39 is 5.97 Å². The number of hydrogen-bond acceptors (Lipinski definition) is 3. The molecule has 0 spiro atoms. The lowest BCUT2D eigenvalue weighted by atomic mass is 9.93. The van der Waals surface area contributed by atoms with Gasteiger partial charge in [0.2, 0.25) is 0 Å². The summed E-state index contributed by atoms with van der Waals surface area (Å²) in [5.74, 6) is -0.961. The number of benzene rings is 1. The van der Waals surface area contributed by atoms with Gasteiger partial charge in [0.05, 0.1) is 5.56 Å². The molecular weight excluding hydrogens is 296 g/mol. The fraction of sp³-hybridized carbons (Fsp3) is 0.529. The molecule has 1 aliphatic rings. The molecule has 0 aliphatic carbocycles. The fourth-order valence-corrected chi connectivity index (χ4v) is 3.13. The van der Waals surface area contributed by atoms with Gasteiger partial charge in [0, 0.05) is 25.2 Å². The van der Waals surface area contributed by atoms with Crippen LogP contribution in [-0.4, -0.2) is 45.8 Å². The van der Waals surface area contributed by atoms with E-state index in [0.29, 0.717) is 13.0 Å². The van der Waals surface area contributed by atoms with Crippen LogP contribution in [0.15, 0.2) is 24.3 Å². The van der Waals surface area contributed by atoms with Crippen LogP contribution in [0.4, 0.5) is 4.79 Å². The first-order valence-electron chi connectivity index (χ1n) is 7.95. The van der Waals surface area contributed by atoms with Gasteiger partial charge in [-0.15, -0.1) is 0 Å². The van der Waals surface area contributed by atoms with Crippen molar-refractivity contribution in [3.05, 3.63) is 35.4 Å². The Kier molecular flexibility index (Phi) is 5.60. The molecule has 1 heterocycles. The number of amides is 2. The Morgan fingerprint density at radius 1 is 1.30 bits per heavy atom. The van der Waals surface area contributed by atoms with Crippen molar-refractivity contribution in [1.29, 1.82) is 0 Å². The molecule has 1 aliphatic heterocycles. The molecule has 1 unspecified atom stereocenters. The molecule has 0 saturated carbocycles. The summed E-state index contributed by atoms with van der Waals surface area (Å²) in [6, 6.07) is 6.37. The predicted octanol–water partition coefficient (Wildman–Crippen LogP) is 2.22. The predicted molar refractivity (Wildman–Crippen MR) is 86.3 cm³/mol. The number of nitrogens with zero attached hydrogens (tertiary/aromatic N) is 1. The Morgan fingerprint density at radius 3 is 2.61 bits per heavy atom. The fourth-order valence-electron chi connectivity index (χ4n) is 3.13. The Balaban J connectivity index is 1.92. The number of carbonyl (C=O) groups excluding carboxylic acids is 1. The zero-order valence-electron chi connectivity index (χ0n) is 13.4. The number of likely N-dealkylation sites (tertiary alicyclic amines) is 1. The van der Waals surface area contributed by atoms with Gasteiger partial charge in [-0.25, -0.2) is 9.59 Å². The van der Waals surface area contributed by atoms with Crippen LogP contribution in [0.1, 0.15) is 48.5 Å². The highest BCUT2D eigenvalue weighted by Gasteiger charge is 2.38. The first-order chi connectivity index (χ1) is 11.0. The number of hydrogen-bond donors (Lipinski definition) is 3. The molecule has 0 radical (unpaired) electrons. The summed E-state index contributed by atoms with van der Waals surface area (Å²) in [6.45, 7) is 3.30. The SMILES string of the molecule is CC1(CCCO)CCCN1C(=O)NCc1ccc(C(=O)O)cc1. The molecule has 1 fully saturated rings. The Morgan fingerprint density at radius 2 is 2.00 bits per heavy atom. The molecule has 6 heteroatoms. The van der Waals surface area contributed by atoms with E-state index >= 15 is 0 Å². The van der Waals surface area contributed by atoms with Gasteiger partial charge >= 0.3 is 12.0 Å². The minimum Gasteiger partial charge on any atom is -0.478 e. The maximum Gasteiger partial charge on any atom is 0.335 e.